The fraction of sp³-hybridized carbons (Fsp3) is 0.111. The summed E-state index contributed by atoms with van der Waals surface area (Å²) in [6.45, 7) is 0.216. The first-order valence-electron chi connectivity index (χ1n) is 7.18. The summed E-state index contributed by atoms with van der Waals surface area (Å²) in [5, 5.41) is 3.62. The highest BCUT2D eigenvalue weighted by Crippen LogP contribution is 2.23. The predicted octanol–water partition coefficient (Wildman–Crippen LogP) is 3.45. The molecule has 0 amide bonds. The molecule has 3 aromatic rings. The second-order valence-corrected chi connectivity index (χ2v) is 4.64. The van der Waals surface area contributed by atoms with Gasteiger partial charge in [-0.1, -0.05) is 24.1 Å². The Kier molecular flexibility index (Phi) is 4.95. The van der Waals surface area contributed by atoms with Gasteiger partial charge in [-0.05, 0) is 41.6 Å². The summed E-state index contributed by atoms with van der Waals surface area (Å²) in [7, 11) is 0. The van der Waals surface area contributed by atoms with E-state index in [-0.39, 0.29) is 19.2 Å². The van der Waals surface area contributed by atoms with Crippen LogP contribution < -0.4 is 14.2 Å². The highest BCUT2D eigenvalue weighted by Gasteiger charge is 2.07. The number of aromatic nitrogens is 2. The van der Waals surface area contributed by atoms with Gasteiger partial charge < -0.3 is 18.7 Å². The maximum atomic E-state index is 5.71. The standard InChI is InChI=1S/C18H14N2O4/c1-2-12-21-18-19-17(24-20-18)13-22-14-8-10-16(11-9-14)23-15-6-4-3-5-7-15/h1,3-11H,12-13H2. The first kappa shape index (κ1) is 15.4. The molecule has 0 spiro atoms. The van der Waals surface area contributed by atoms with E-state index >= 15 is 0 Å². The molecule has 0 aliphatic rings. The first-order valence-corrected chi connectivity index (χ1v) is 7.18. The van der Waals surface area contributed by atoms with E-state index in [1.54, 1.807) is 12.1 Å². The molecule has 0 N–H and O–H groups in total. The van der Waals surface area contributed by atoms with Gasteiger partial charge in [0.05, 0.1) is 0 Å². The molecule has 0 bridgehead atoms. The van der Waals surface area contributed by atoms with Crippen molar-refractivity contribution in [2.75, 3.05) is 6.61 Å². The summed E-state index contributed by atoms with van der Waals surface area (Å²) in [5.41, 5.74) is 0. The average molecular weight is 322 g/mol. The van der Waals surface area contributed by atoms with Crippen molar-refractivity contribution < 1.29 is 18.7 Å². The number of nitrogens with zero attached hydrogens (tertiary/aromatic N) is 2. The number of ether oxygens (including phenoxy) is 3. The lowest BCUT2D eigenvalue weighted by Gasteiger charge is -2.07. The van der Waals surface area contributed by atoms with Gasteiger partial charge in [-0.2, -0.15) is 4.98 Å². The van der Waals surface area contributed by atoms with Crippen LogP contribution in [-0.4, -0.2) is 16.7 Å². The van der Waals surface area contributed by atoms with Gasteiger partial charge in [0.15, 0.2) is 13.2 Å². The lowest BCUT2D eigenvalue weighted by Crippen LogP contribution is -1.97. The van der Waals surface area contributed by atoms with E-state index in [0.29, 0.717) is 11.6 Å². The molecule has 6 nitrogen and oxygen atoms in total. The topological polar surface area (TPSA) is 66.6 Å². The van der Waals surface area contributed by atoms with Gasteiger partial charge in [0.1, 0.15) is 17.2 Å². The normalized spacial score (nSPS) is 9.96. The molecule has 0 radical (unpaired) electrons. The fourth-order valence-electron chi connectivity index (χ4n) is 1.84. The molecule has 0 atom stereocenters. The van der Waals surface area contributed by atoms with Crippen LogP contribution in [0.15, 0.2) is 59.1 Å². The number of terminal acetylenes is 1. The van der Waals surface area contributed by atoms with Crippen LogP contribution in [-0.2, 0) is 6.61 Å². The minimum Gasteiger partial charge on any atom is -0.484 e. The lowest BCUT2D eigenvalue weighted by atomic mass is 10.3. The quantitative estimate of drug-likeness (QED) is 0.621. The van der Waals surface area contributed by atoms with Crippen molar-refractivity contribution in [2.24, 2.45) is 0 Å². The molecule has 0 aliphatic heterocycles. The van der Waals surface area contributed by atoms with Gasteiger partial charge in [0.2, 0.25) is 0 Å². The zero-order valence-electron chi connectivity index (χ0n) is 12.7. The zero-order valence-corrected chi connectivity index (χ0v) is 12.7. The van der Waals surface area contributed by atoms with Crippen molar-refractivity contribution in [3.8, 4) is 35.6 Å². The van der Waals surface area contributed by atoms with Gasteiger partial charge in [-0.3, -0.25) is 0 Å². The molecule has 0 aliphatic carbocycles. The van der Waals surface area contributed by atoms with E-state index in [4.69, 9.17) is 25.2 Å². The average Bonchev–Trinajstić information content (AvgIpc) is 3.08. The number of hydrogen-bond acceptors (Lipinski definition) is 6. The Hall–Kier alpha value is -3.46. The van der Waals surface area contributed by atoms with E-state index in [2.05, 4.69) is 16.1 Å². The van der Waals surface area contributed by atoms with Crippen LogP contribution in [0, 0.1) is 12.3 Å². The molecule has 24 heavy (non-hydrogen) atoms. The van der Waals surface area contributed by atoms with Crippen LogP contribution in [0.4, 0.5) is 0 Å². The van der Waals surface area contributed by atoms with Crippen molar-refractivity contribution in [1.29, 1.82) is 0 Å². The van der Waals surface area contributed by atoms with Crippen molar-refractivity contribution in [3.63, 3.8) is 0 Å². The van der Waals surface area contributed by atoms with Crippen LogP contribution in [0.3, 0.4) is 0 Å². The zero-order chi connectivity index (χ0) is 16.6. The number of rotatable bonds is 7. The molecule has 0 unspecified atom stereocenters. The highest BCUT2D eigenvalue weighted by atomic mass is 16.6. The monoisotopic (exact) mass is 322 g/mol. The highest BCUT2D eigenvalue weighted by molar-refractivity contribution is 5.35. The Balaban J connectivity index is 1.53. The largest absolute Gasteiger partial charge is 0.484 e. The number of para-hydroxylation sites is 1. The smallest absolute Gasteiger partial charge is 0.355 e. The molecule has 0 fully saturated rings. The van der Waals surface area contributed by atoms with E-state index in [9.17, 15) is 0 Å². The van der Waals surface area contributed by atoms with Crippen LogP contribution in [0.5, 0.6) is 23.3 Å². The molecule has 0 saturated heterocycles. The summed E-state index contributed by atoms with van der Waals surface area (Å²) in [4.78, 5) is 3.99. The van der Waals surface area contributed by atoms with E-state index in [1.807, 2.05) is 42.5 Å². The Bertz CT molecular complexity index is 807. The predicted molar refractivity (Wildman–Crippen MR) is 85.9 cm³/mol. The summed E-state index contributed by atoms with van der Waals surface area (Å²) < 4.78 is 21.3. The first-order chi connectivity index (χ1) is 11.8. The SMILES string of the molecule is C#CCOc1noc(COc2ccc(Oc3ccccc3)cc2)n1. The molecular formula is C18H14N2O4. The Morgan fingerprint density at radius 2 is 1.62 bits per heavy atom. The van der Waals surface area contributed by atoms with Gasteiger partial charge in [-0.25, -0.2) is 0 Å². The summed E-state index contributed by atoms with van der Waals surface area (Å²) >= 11 is 0. The van der Waals surface area contributed by atoms with E-state index in [0.717, 1.165) is 11.5 Å². The molecule has 120 valence electrons. The van der Waals surface area contributed by atoms with Gasteiger partial charge in [0.25, 0.3) is 5.89 Å². The van der Waals surface area contributed by atoms with Crippen molar-refractivity contribution in [1.82, 2.24) is 10.1 Å². The third-order valence-electron chi connectivity index (χ3n) is 2.90. The summed E-state index contributed by atoms with van der Waals surface area (Å²) in [6.07, 6.45) is 5.08. The minimum atomic E-state index is 0.0860. The molecule has 6 heteroatoms. The van der Waals surface area contributed by atoms with E-state index in [1.165, 1.54) is 0 Å². The van der Waals surface area contributed by atoms with Crippen LogP contribution in [0.2, 0.25) is 0 Å². The molecule has 2 aromatic carbocycles. The summed E-state index contributed by atoms with van der Waals surface area (Å²) in [5.74, 6) is 4.76. The Labute approximate surface area is 139 Å². The summed E-state index contributed by atoms with van der Waals surface area (Å²) in [6, 6.07) is 16.9. The molecule has 0 saturated carbocycles. The fourth-order valence-corrected chi connectivity index (χ4v) is 1.84. The van der Waals surface area contributed by atoms with Crippen molar-refractivity contribution in [2.45, 2.75) is 6.61 Å². The molecule has 1 aromatic heterocycles. The maximum absolute atomic E-state index is 5.71. The van der Waals surface area contributed by atoms with Crippen molar-refractivity contribution in [3.05, 3.63) is 60.5 Å². The molecule has 1 heterocycles. The second kappa shape index (κ2) is 7.70. The molecule has 3 rings (SSSR count). The van der Waals surface area contributed by atoms with Crippen LogP contribution in [0.1, 0.15) is 5.89 Å². The van der Waals surface area contributed by atoms with Gasteiger partial charge in [-0.15, -0.1) is 6.42 Å². The van der Waals surface area contributed by atoms with Gasteiger partial charge in [0, 0.05) is 0 Å². The Morgan fingerprint density at radius 3 is 2.38 bits per heavy atom. The van der Waals surface area contributed by atoms with E-state index < -0.39 is 0 Å². The maximum Gasteiger partial charge on any atom is 0.355 e. The number of benzene rings is 2. The second-order valence-electron chi connectivity index (χ2n) is 4.64. The van der Waals surface area contributed by atoms with Crippen molar-refractivity contribution >= 4 is 0 Å². The third-order valence-corrected chi connectivity index (χ3v) is 2.90. The third kappa shape index (κ3) is 4.27. The van der Waals surface area contributed by atoms with Crippen LogP contribution >= 0.6 is 0 Å². The van der Waals surface area contributed by atoms with Gasteiger partial charge >= 0.3 is 6.01 Å². The number of hydrogen-bond donors (Lipinski definition) is 0. The van der Waals surface area contributed by atoms with Crippen LogP contribution in [0.25, 0.3) is 0 Å². The Morgan fingerprint density at radius 1 is 0.917 bits per heavy atom. The molecular weight excluding hydrogens is 308 g/mol. The minimum absolute atomic E-state index is 0.0860. The lowest BCUT2D eigenvalue weighted by molar-refractivity contribution is 0.239.